The smallest absolute Gasteiger partial charge is 0.549 e. The molecule has 0 aromatic heterocycles. The van der Waals surface area contributed by atoms with Crippen molar-refractivity contribution in [3.05, 3.63) is 0 Å². The predicted molar refractivity (Wildman–Crippen MR) is 95.8 cm³/mol. The topological polar surface area (TPSA) is 135 Å². The Bertz CT molecular complexity index is 870. The molecular formula is C18H23F9Na2O7S. The largest absolute Gasteiger partial charge is 1.00 e. The van der Waals surface area contributed by atoms with E-state index in [0.29, 0.717) is 12.8 Å². The van der Waals surface area contributed by atoms with Gasteiger partial charge in [0.1, 0.15) is 5.25 Å². The Morgan fingerprint density at radius 2 is 1.32 bits per heavy atom. The number of unbranched alkanes of at least 4 members (excludes halogenated alkanes) is 1. The molecule has 37 heavy (non-hydrogen) atoms. The molecule has 0 aliphatic carbocycles. The van der Waals surface area contributed by atoms with E-state index in [4.69, 9.17) is 0 Å². The number of aliphatic carboxylic acids is 2. The van der Waals surface area contributed by atoms with E-state index in [9.17, 15) is 72.3 Å². The van der Waals surface area contributed by atoms with Crippen LogP contribution in [0.3, 0.4) is 0 Å². The van der Waals surface area contributed by atoms with Gasteiger partial charge in [-0.3, -0.25) is 4.55 Å². The first-order chi connectivity index (χ1) is 15.5. The van der Waals surface area contributed by atoms with Crippen molar-refractivity contribution in [2.75, 3.05) is 0 Å². The summed E-state index contributed by atoms with van der Waals surface area (Å²) in [6, 6.07) is 0. The van der Waals surface area contributed by atoms with Gasteiger partial charge in [-0.25, -0.2) is 0 Å². The van der Waals surface area contributed by atoms with Crippen LogP contribution in [0, 0.1) is 11.3 Å². The molecular weight excluding hydrogens is 577 g/mol. The van der Waals surface area contributed by atoms with Gasteiger partial charge in [0.2, 0.25) is 0 Å². The quantitative estimate of drug-likeness (QED) is 0.118. The maximum atomic E-state index is 14.1. The van der Waals surface area contributed by atoms with Gasteiger partial charge in [-0.15, -0.1) is 0 Å². The summed E-state index contributed by atoms with van der Waals surface area (Å²) in [6.45, 7) is 3.01. The number of rotatable bonds is 15. The van der Waals surface area contributed by atoms with Crippen molar-refractivity contribution in [2.45, 2.75) is 88.0 Å². The van der Waals surface area contributed by atoms with Gasteiger partial charge in [-0.1, -0.05) is 39.5 Å². The van der Waals surface area contributed by atoms with E-state index in [2.05, 4.69) is 0 Å². The van der Waals surface area contributed by atoms with Crippen molar-refractivity contribution in [3.63, 3.8) is 0 Å². The van der Waals surface area contributed by atoms with Crippen LogP contribution < -0.4 is 69.3 Å². The first kappa shape index (κ1) is 41.7. The maximum absolute atomic E-state index is 14.1. The van der Waals surface area contributed by atoms with Gasteiger partial charge in [-0.2, -0.15) is 47.9 Å². The van der Waals surface area contributed by atoms with Crippen LogP contribution in [0.15, 0.2) is 0 Å². The minimum Gasteiger partial charge on any atom is -0.549 e. The monoisotopic (exact) mass is 600 g/mol. The Morgan fingerprint density at radius 1 is 0.865 bits per heavy atom. The summed E-state index contributed by atoms with van der Waals surface area (Å²) in [7, 11) is -6.04. The van der Waals surface area contributed by atoms with Gasteiger partial charge in [0.05, 0.1) is 5.97 Å². The molecule has 19 heteroatoms. The van der Waals surface area contributed by atoms with Crippen LogP contribution >= 0.6 is 0 Å². The molecule has 7 nitrogen and oxygen atoms in total. The third-order valence-electron chi connectivity index (χ3n) is 5.71. The van der Waals surface area contributed by atoms with E-state index >= 15 is 0 Å². The summed E-state index contributed by atoms with van der Waals surface area (Å²) >= 11 is 0. The van der Waals surface area contributed by atoms with Gasteiger partial charge in [-0.05, 0) is 18.8 Å². The molecule has 0 aromatic rings. The Labute approximate surface area is 251 Å². The van der Waals surface area contributed by atoms with Gasteiger partial charge in [0, 0.05) is 17.8 Å². The molecule has 0 fully saturated rings. The molecule has 3 atom stereocenters. The molecule has 0 amide bonds. The molecule has 0 spiro atoms. The molecule has 0 rings (SSSR count). The SMILES string of the molecule is CCCCC(CC)CC(CCC(F)(F)C(F)(F)C(F)(F)C(F)(F)F)(C(=O)[O-])C(C(=O)[O-])S(=O)(=O)O.[Na+].[Na+]. The summed E-state index contributed by atoms with van der Waals surface area (Å²) in [5, 5.41) is 19.8. The summed E-state index contributed by atoms with van der Waals surface area (Å²) < 4.78 is 151. The summed E-state index contributed by atoms with van der Waals surface area (Å²) in [5.41, 5.74) is -3.66. The van der Waals surface area contributed by atoms with Crippen LogP contribution in [0.5, 0.6) is 0 Å². The fourth-order valence-corrected chi connectivity index (χ4v) is 4.79. The number of carboxylic acids is 2. The van der Waals surface area contributed by atoms with E-state index in [-0.39, 0.29) is 72.0 Å². The zero-order valence-corrected chi connectivity index (χ0v) is 25.1. The number of hydrogen-bond acceptors (Lipinski definition) is 6. The molecule has 0 aromatic carbocycles. The first-order valence-electron chi connectivity index (χ1n) is 10.0. The fraction of sp³-hybridized carbons (Fsp3) is 0.889. The first-order valence-corrected chi connectivity index (χ1v) is 11.5. The average Bonchev–Trinajstić information content (AvgIpc) is 2.66. The van der Waals surface area contributed by atoms with Crippen molar-refractivity contribution < 1.29 is 131 Å². The normalized spacial score (nSPS) is 16.5. The van der Waals surface area contributed by atoms with E-state index in [1.54, 1.807) is 6.92 Å². The number of carboxylic acid groups (broad SMARTS) is 2. The van der Waals surface area contributed by atoms with Crippen LogP contribution in [-0.4, -0.2) is 54.1 Å². The van der Waals surface area contributed by atoms with Crippen LogP contribution in [0.1, 0.15) is 58.8 Å². The Morgan fingerprint density at radius 3 is 1.62 bits per heavy atom. The molecule has 3 unspecified atom stereocenters. The predicted octanol–water partition coefficient (Wildman–Crippen LogP) is -3.41. The van der Waals surface area contributed by atoms with Crippen molar-refractivity contribution in [1.29, 1.82) is 0 Å². The van der Waals surface area contributed by atoms with Crippen molar-refractivity contribution in [2.24, 2.45) is 11.3 Å². The zero-order valence-electron chi connectivity index (χ0n) is 20.3. The molecule has 0 bridgehead atoms. The number of hydrogen-bond donors (Lipinski definition) is 1. The standard InChI is InChI=1S/C18H25F9O7S.2Na/c1-3-5-6-10(4-2)9-14(13(30)31,11(12(28)29)35(32,33)34)7-8-15(19,20)16(21,22)17(23,24)18(25,26)27;;/h10-11H,3-9H2,1-2H3,(H,28,29)(H,30,31)(H,32,33,34);;/q;2*+1/p-2. The fourth-order valence-electron chi connectivity index (χ4n) is 3.67. The molecule has 0 aliphatic rings. The van der Waals surface area contributed by atoms with Crippen molar-refractivity contribution in [3.8, 4) is 0 Å². The summed E-state index contributed by atoms with van der Waals surface area (Å²) in [5.74, 6) is -27.4. The number of carbonyl (C=O) groups is 2. The van der Waals surface area contributed by atoms with E-state index < -0.39 is 81.8 Å². The number of carbonyl (C=O) groups excluding carboxylic acids is 2. The molecule has 0 saturated heterocycles. The van der Waals surface area contributed by atoms with Crippen LogP contribution in [0.25, 0.3) is 0 Å². The van der Waals surface area contributed by atoms with Crippen LogP contribution in [-0.2, 0) is 19.7 Å². The van der Waals surface area contributed by atoms with Gasteiger partial charge < -0.3 is 19.8 Å². The minimum absolute atomic E-state index is 0. The van der Waals surface area contributed by atoms with E-state index in [1.807, 2.05) is 0 Å². The second-order valence-electron chi connectivity index (χ2n) is 8.13. The maximum Gasteiger partial charge on any atom is 1.00 e. The summed E-state index contributed by atoms with van der Waals surface area (Å²) in [4.78, 5) is 23.4. The van der Waals surface area contributed by atoms with Crippen molar-refractivity contribution in [1.82, 2.24) is 0 Å². The molecule has 208 valence electrons. The third-order valence-corrected chi connectivity index (χ3v) is 6.95. The molecule has 1 N–H and O–H groups in total. The van der Waals surface area contributed by atoms with Gasteiger partial charge >= 0.3 is 83.1 Å². The number of alkyl halides is 9. The zero-order chi connectivity index (χ0) is 28.3. The van der Waals surface area contributed by atoms with Crippen molar-refractivity contribution >= 4 is 22.1 Å². The third kappa shape index (κ3) is 9.39. The van der Waals surface area contributed by atoms with Crippen LogP contribution in [0.2, 0.25) is 0 Å². The van der Waals surface area contributed by atoms with Gasteiger partial charge in [0.15, 0.2) is 0 Å². The second kappa shape index (κ2) is 14.7. The van der Waals surface area contributed by atoms with Crippen LogP contribution in [0.4, 0.5) is 39.5 Å². The molecule has 0 aliphatic heterocycles. The Hall–Kier alpha value is 0.220. The van der Waals surface area contributed by atoms with E-state index in [0.717, 1.165) is 0 Å². The number of halogens is 9. The van der Waals surface area contributed by atoms with Gasteiger partial charge in [0.25, 0.3) is 10.1 Å². The molecule has 0 saturated carbocycles. The Balaban J connectivity index is -0.00000578. The Kier molecular flexibility index (Phi) is 16.6. The minimum atomic E-state index is -7.31. The molecule has 0 heterocycles. The summed E-state index contributed by atoms with van der Waals surface area (Å²) in [6.07, 6.45) is -12.7. The second-order valence-corrected chi connectivity index (χ2v) is 9.63. The molecule has 0 radical (unpaired) electrons. The average molecular weight is 600 g/mol. The van der Waals surface area contributed by atoms with E-state index in [1.165, 1.54) is 6.92 Å².